The SMILES string of the molecule is [B]C(=C)c1c(C)c2cc(F)ccc2oc1=O. The highest BCUT2D eigenvalue weighted by Gasteiger charge is 2.11. The minimum atomic E-state index is -0.552. The van der Waals surface area contributed by atoms with Crippen molar-refractivity contribution >= 4 is 24.3 Å². The van der Waals surface area contributed by atoms with Crippen molar-refractivity contribution in [3.63, 3.8) is 0 Å². The molecule has 1 heterocycles. The Bertz CT molecular complexity index is 643. The van der Waals surface area contributed by atoms with Gasteiger partial charge in [0.15, 0.2) is 0 Å². The highest BCUT2D eigenvalue weighted by molar-refractivity contribution is 6.42. The maximum absolute atomic E-state index is 13.1. The maximum atomic E-state index is 13.1. The number of aryl methyl sites for hydroxylation is 1. The molecule has 2 nitrogen and oxygen atoms in total. The van der Waals surface area contributed by atoms with Crippen LogP contribution in [0.5, 0.6) is 0 Å². The summed E-state index contributed by atoms with van der Waals surface area (Å²) in [7, 11) is 5.50. The van der Waals surface area contributed by atoms with Crippen molar-refractivity contribution in [1.82, 2.24) is 0 Å². The fourth-order valence-electron chi connectivity index (χ4n) is 1.69. The van der Waals surface area contributed by atoms with Crippen molar-refractivity contribution in [2.75, 3.05) is 0 Å². The number of fused-ring (bicyclic) bond motifs is 1. The van der Waals surface area contributed by atoms with Gasteiger partial charge in [0.25, 0.3) is 0 Å². The first-order valence-electron chi connectivity index (χ1n) is 4.68. The normalized spacial score (nSPS) is 10.6. The average molecular weight is 214 g/mol. The molecule has 0 aliphatic heterocycles. The molecular formula is C12H8BFO2. The van der Waals surface area contributed by atoms with Crippen LogP contribution < -0.4 is 5.63 Å². The predicted octanol–water partition coefficient (Wildman–Crippen LogP) is 2.38. The maximum Gasteiger partial charge on any atom is 0.343 e. The van der Waals surface area contributed by atoms with Crippen LogP contribution in [0.2, 0.25) is 0 Å². The highest BCUT2D eigenvalue weighted by Crippen LogP contribution is 2.22. The van der Waals surface area contributed by atoms with Crippen molar-refractivity contribution in [1.29, 1.82) is 0 Å². The van der Waals surface area contributed by atoms with E-state index in [1.165, 1.54) is 18.2 Å². The highest BCUT2D eigenvalue weighted by atomic mass is 19.1. The number of benzene rings is 1. The van der Waals surface area contributed by atoms with Crippen molar-refractivity contribution < 1.29 is 8.81 Å². The molecule has 0 atom stereocenters. The van der Waals surface area contributed by atoms with E-state index in [1.54, 1.807) is 6.92 Å². The van der Waals surface area contributed by atoms with Crippen LogP contribution in [-0.2, 0) is 0 Å². The molecule has 1 aromatic carbocycles. The van der Waals surface area contributed by atoms with Crippen molar-refractivity contribution in [3.8, 4) is 0 Å². The van der Waals surface area contributed by atoms with Crippen molar-refractivity contribution in [2.45, 2.75) is 6.92 Å². The fourth-order valence-corrected chi connectivity index (χ4v) is 1.69. The van der Waals surface area contributed by atoms with Gasteiger partial charge in [-0.2, -0.15) is 0 Å². The second-order valence-corrected chi connectivity index (χ2v) is 3.56. The van der Waals surface area contributed by atoms with Crippen LogP contribution >= 0.6 is 0 Å². The Morgan fingerprint density at radius 1 is 1.50 bits per heavy atom. The second kappa shape index (κ2) is 3.63. The summed E-state index contributed by atoms with van der Waals surface area (Å²) >= 11 is 0. The fraction of sp³-hybridized carbons (Fsp3) is 0.0833. The third-order valence-corrected chi connectivity index (χ3v) is 2.45. The number of halogens is 1. The Hall–Kier alpha value is -1.84. The van der Waals surface area contributed by atoms with Crippen LogP contribution in [0.25, 0.3) is 16.4 Å². The van der Waals surface area contributed by atoms with E-state index >= 15 is 0 Å². The number of hydrogen-bond donors (Lipinski definition) is 0. The van der Waals surface area contributed by atoms with E-state index in [2.05, 4.69) is 6.58 Å². The molecule has 0 spiro atoms. The lowest BCUT2D eigenvalue weighted by molar-refractivity contribution is 0.555. The number of rotatable bonds is 1. The van der Waals surface area contributed by atoms with Gasteiger partial charge in [0.1, 0.15) is 19.2 Å². The predicted molar refractivity (Wildman–Crippen MR) is 62.0 cm³/mol. The smallest absolute Gasteiger partial charge is 0.343 e. The van der Waals surface area contributed by atoms with Gasteiger partial charge < -0.3 is 4.42 Å². The third-order valence-electron chi connectivity index (χ3n) is 2.45. The first kappa shape index (κ1) is 10.7. The number of hydrogen-bond acceptors (Lipinski definition) is 2. The molecule has 2 radical (unpaired) electrons. The van der Waals surface area contributed by atoms with Crippen molar-refractivity contribution in [3.05, 3.63) is 52.1 Å². The van der Waals surface area contributed by atoms with Gasteiger partial charge in [-0.25, -0.2) is 9.18 Å². The van der Waals surface area contributed by atoms with Crippen LogP contribution in [0.4, 0.5) is 4.39 Å². The summed E-state index contributed by atoms with van der Waals surface area (Å²) in [5.74, 6) is -0.391. The lowest BCUT2D eigenvalue weighted by Gasteiger charge is -2.07. The topological polar surface area (TPSA) is 30.2 Å². The molecule has 0 amide bonds. The van der Waals surface area contributed by atoms with E-state index in [0.29, 0.717) is 16.5 Å². The molecule has 0 aliphatic carbocycles. The Morgan fingerprint density at radius 2 is 2.19 bits per heavy atom. The molecule has 2 aromatic rings. The van der Waals surface area contributed by atoms with Gasteiger partial charge in [-0.15, -0.1) is 6.58 Å². The molecule has 0 aliphatic rings. The molecule has 0 bridgehead atoms. The summed E-state index contributed by atoms with van der Waals surface area (Å²) in [6, 6.07) is 3.96. The molecule has 0 saturated heterocycles. The second-order valence-electron chi connectivity index (χ2n) is 3.56. The monoisotopic (exact) mass is 214 g/mol. The molecule has 4 heteroatoms. The molecule has 0 unspecified atom stereocenters. The lowest BCUT2D eigenvalue weighted by atomic mass is 9.88. The Kier molecular flexibility index (Phi) is 2.42. The van der Waals surface area contributed by atoms with E-state index in [-0.39, 0.29) is 11.0 Å². The molecule has 1 aromatic heterocycles. The van der Waals surface area contributed by atoms with Crippen LogP contribution in [0.3, 0.4) is 0 Å². The minimum Gasteiger partial charge on any atom is -0.422 e. The first-order chi connectivity index (χ1) is 7.50. The van der Waals surface area contributed by atoms with Gasteiger partial charge in [-0.1, -0.05) is 5.47 Å². The van der Waals surface area contributed by atoms with Gasteiger partial charge in [0.05, 0.1) is 5.56 Å². The van der Waals surface area contributed by atoms with Gasteiger partial charge in [0, 0.05) is 5.39 Å². The van der Waals surface area contributed by atoms with E-state index in [4.69, 9.17) is 12.3 Å². The Morgan fingerprint density at radius 3 is 2.81 bits per heavy atom. The van der Waals surface area contributed by atoms with Crippen LogP contribution in [0, 0.1) is 12.7 Å². The van der Waals surface area contributed by atoms with E-state index in [9.17, 15) is 9.18 Å². The van der Waals surface area contributed by atoms with Gasteiger partial charge in [0.2, 0.25) is 0 Å². The van der Waals surface area contributed by atoms with Gasteiger partial charge >= 0.3 is 5.63 Å². The molecule has 0 saturated carbocycles. The zero-order valence-electron chi connectivity index (χ0n) is 8.71. The average Bonchev–Trinajstić information content (AvgIpc) is 2.19. The molecule has 0 fully saturated rings. The molecule has 16 heavy (non-hydrogen) atoms. The van der Waals surface area contributed by atoms with Crippen LogP contribution in [0.15, 0.2) is 34.0 Å². The zero-order chi connectivity index (χ0) is 11.9. The molecule has 2 rings (SSSR count). The lowest BCUT2D eigenvalue weighted by Crippen LogP contribution is -2.09. The Balaban J connectivity index is 2.96. The van der Waals surface area contributed by atoms with E-state index in [1.807, 2.05) is 0 Å². The minimum absolute atomic E-state index is 0.123. The Labute approximate surface area is 92.8 Å². The van der Waals surface area contributed by atoms with Crippen molar-refractivity contribution in [2.24, 2.45) is 0 Å². The van der Waals surface area contributed by atoms with Gasteiger partial charge in [-0.05, 0) is 30.7 Å². The van der Waals surface area contributed by atoms with E-state index in [0.717, 1.165) is 0 Å². The summed E-state index contributed by atoms with van der Waals surface area (Å²) < 4.78 is 18.1. The van der Waals surface area contributed by atoms with Crippen LogP contribution in [0.1, 0.15) is 11.1 Å². The molecular weight excluding hydrogens is 206 g/mol. The summed E-state index contributed by atoms with van der Waals surface area (Å²) in [4.78, 5) is 11.6. The first-order valence-corrected chi connectivity index (χ1v) is 4.68. The summed E-state index contributed by atoms with van der Waals surface area (Å²) in [5.41, 5.74) is 0.701. The van der Waals surface area contributed by atoms with Crippen LogP contribution in [-0.4, -0.2) is 7.85 Å². The van der Waals surface area contributed by atoms with E-state index < -0.39 is 11.4 Å². The third kappa shape index (κ3) is 1.56. The summed E-state index contributed by atoms with van der Waals surface area (Å²) in [6.07, 6.45) is 0. The summed E-state index contributed by atoms with van der Waals surface area (Å²) in [5, 5.41) is 0.529. The standard InChI is InChI=1S/C12H8BFO2/c1-6-9-5-8(14)3-4-10(9)16-12(15)11(6)7(2)13/h3-5H,2H2,1H3. The van der Waals surface area contributed by atoms with Gasteiger partial charge in [-0.3, -0.25) is 0 Å². The largest absolute Gasteiger partial charge is 0.422 e. The molecule has 0 N–H and O–H groups in total. The zero-order valence-corrected chi connectivity index (χ0v) is 8.71. The molecule has 78 valence electrons. The quantitative estimate of drug-likeness (QED) is 0.538. The summed E-state index contributed by atoms with van der Waals surface area (Å²) in [6.45, 7) is 5.19.